The van der Waals surface area contributed by atoms with Gasteiger partial charge in [-0.15, -0.1) is 0 Å². The van der Waals surface area contributed by atoms with Crippen molar-refractivity contribution >= 4 is 5.91 Å². The molecule has 3 heterocycles. The molecule has 2 aromatic rings. The van der Waals surface area contributed by atoms with Crippen LogP contribution in [0.1, 0.15) is 43.7 Å². The van der Waals surface area contributed by atoms with E-state index in [1.807, 2.05) is 42.3 Å². The lowest BCUT2D eigenvalue weighted by molar-refractivity contribution is -0.136. The lowest BCUT2D eigenvalue weighted by atomic mass is 9.96. The predicted molar refractivity (Wildman–Crippen MR) is 95.0 cm³/mol. The van der Waals surface area contributed by atoms with Crippen molar-refractivity contribution in [3.63, 3.8) is 0 Å². The number of hydrogen-bond donors (Lipinski definition) is 0. The van der Waals surface area contributed by atoms with Gasteiger partial charge in [0, 0.05) is 56.3 Å². The topological polar surface area (TPSA) is 60.2 Å². The summed E-state index contributed by atoms with van der Waals surface area (Å²) in [6.07, 6.45) is 6.91. The molecule has 1 fully saturated rings. The van der Waals surface area contributed by atoms with Gasteiger partial charge < -0.3 is 9.64 Å². The Labute approximate surface area is 148 Å². The van der Waals surface area contributed by atoms with Crippen LogP contribution in [-0.2, 0) is 16.0 Å². The molecule has 0 aliphatic carbocycles. The summed E-state index contributed by atoms with van der Waals surface area (Å²) in [5.41, 5.74) is 1.99. The molecule has 0 aromatic carbocycles. The molecular formula is C19H26N4O2. The molecule has 3 rings (SSSR count). The zero-order valence-corrected chi connectivity index (χ0v) is 15.1. The summed E-state index contributed by atoms with van der Waals surface area (Å²) in [5, 5.41) is 4.38. The molecule has 0 saturated carbocycles. The number of ether oxygens (including phenoxy) is 1. The summed E-state index contributed by atoms with van der Waals surface area (Å²) < 4.78 is 7.77. The van der Waals surface area contributed by atoms with Gasteiger partial charge in [-0.2, -0.15) is 5.10 Å². The van der Waals surface area contributed by atoms with Crippen LogP contribution in [-0.4, -0.2) is 45.8 Å². The fourth-order valence-corrected chi connectivity index (χ4v) is 3.17. The summed E-state index contributed by atoms with van der Waals surface area (Å²) in [6.45, 7) is 5.44. The fraction of sp³-hybridized carbons (Fsp3) is 0.526. The van der Waals surface area contributed by atoms with E-state index in [1.165, 1.54) is 0 Å². The van der Waals surface area contributed by atoms with E-state index in [-0.39, 0.29) is 17.9 Å². The maximum atomic E-state index is 12.9. The van der Waals surface area contributed by atoms with Crippen molar-refractivity contribution in [2.75, 3.05) is 20.2 Å². The molecule has 0 spiro atoms. The second-order valence-electron chi connectivity index (χ2n) is 6.86. The lowest BCUT2D eigenvalue weighted by Crippen LogP contribution is -2.35. The molecule has 1 aliphatic heterocycles. The molecule has 6 nitrogen and oxygen atoms in total. The molecule has 6 heteroatoms. The van der Waals surface area contributed by atoms with Crippen molar-refractivity contribution < 1.29 is 9.53 Å². The van der Waals surface area contributed by atoms with Gasteiger partial charge in [0.05, 0.1) is 18.2 Å². The summed E-state index contributed by atoms with van der Waals surface area (Å²) in [7, 11) is 1.86. The predicted octanol–water partition coefficient (Wildman–Crippen LogP) is 2.64. The van der Waals surface area contributed by atoms with E-state index in [9.17, 15) is 4.79 Å². The Hall–Kier alpha value is -2.21. The molecule has 134 valence electrons. The van der Waals surface area contributed by atoms with Crippen molar-refractivity contribution in [1.29, 1.82) is 0 Å². The number of aromatic nitrogens is 3. The first-order valence-corrected chi connectivity index (χ1v) is 8.87. The summed E-state index contributed by atoms with van der Waals surface area (Å²) in [6, 6.07) is 6.15. The maximum absolute atomic E-state index is 12.9. The summed E-state index contributed by atoms with van der Waals surface area (Å²) >= 11 is 0. The molecule has 0 unspecified atom stereocenters. The molecule has 0 bridgehead atoms. The second kappa shape index (κ2) is 7.78. The number of rotatable bonds is 6. The number of hydrogen-bond acceptors (Lipinski definition) is 4. The number of carbonyl (C=O) groups excluding carboxylic acids is 1. The second-order valence-corrected chi connectivity index (χ2v) is 6.86. The molecular weight excluding hydrogens is 316 g/mol. The van der Waals surface area contributed by atoms with Crippen LogP contribution < -0.4 is 0 Å². The molecule has 0 N–H and O–H groups in total. The van der Waals surface area contributed by atoms with E-state index in [1.54, 1.807) is 11.1 Å². The van der Waals surface area contributed by atoms with Crippen LogP contribution in [0.4, 0.5) is 0 Å². The number of nitrogens with zero attached hydrogens (tertiary/aromatic N) is 4. The minimum atomic E-state index is -0.197. The average Bonchev–Trinajstić information content (AvgIpc) is 3.28. The van der Waals surface area contributed by atoms with Crippen LogP contribution in [0.25, 0.3) is 0 Å². The van der Waals surface area contributed by atoms with Crippen molar-refractivity contribution in [3.8, 4) is 0 Å². The van der Waals surface area contributed by atoms with Crippen LogP contribution in [0, 0.1) is 5.92 Å². The number of pyridine rings is 1. The number of amides is 1. The maximum Gasteiger partial charge on any atom is 0.228 e. The number of carbonyl (C=O) groups is 1. The Morgan fingerprint density at radius 3 is 2.96 bits per heavy atom. The SMILES string of the molecule is CC(C)n1cc([C@H]2OCC[C@@H]2C(=O)N(C)CCc2ccccn2)cn1. The largest absolute Gasteiger partial charge is 0.373 e. The van der Waals surface area contributed by atoms with Crippen molar-refractivity contribution in [2.45, 2.75) is 38.8 Å². The van der Waals surface area contributed by atoms with Gasteiger partial charge in [0.25, 0.3) is 0 Å². The van der Waals surface area contributed by atoms with Gasteiger partial charge in [-0.25, -0.2) is 0 Å². The minimum absolute atomic E-state index is 0.135. The molecule has 1 aliphatic rings. The van der Waals surface area contributed by atoms with Gasteiger partial charge in [0.1, 0.15) is 0 Å². The van der Waals surface area contributed by atoms with Crippen LogP contribution in [0.5, 0.6) is 0 Å². The highest BCUT2D eigenvalue weighted by Gasteiger charge is 2.37. The van der Waals surface area contributed by atoms with Gasteiger partial charge in [-0.1, -0.05) is 6.07 Å². The Morgan fingerprint density at radius 2 is 2.28 bits per heavy atom. The van der Waals surface area contributed by atoms with Gasteiger partial charge in [-0.05, 0) is 32.4 Å². The van der Waals surface area contributed by atoms with Crippen molar-refractivity contribution in [1.82, 2.24) is 19.7 Å². The van der Waals surface area contributed by atoms with E-state index < -0.39 is 0 Å². The standard InChI is InChI=1S/C19H26N4O2/c1-14(2)23-13-15(12-21-23)18-17(8-11-25-18)19(24)22(3)10-7-16-6-4-5-9-20-16/h4-6,9,12-14,17-18H,7-8,10-11H2,1-3H3/t17-,18+/m0/s1. The Balaban J connectivity index is 1.63. The lowest BCUT2D eigenvalue weighted by Gasteiger charge is -2.23. The monoisotopic (exact) mass is 342 g/mol. The highest BCUT2D eigenvalue weighted by Crippen LogP contribution is 2.35. The van der Waals surface area contributed by atoms with Crippen LogP contribution in [0.2, 0.25) is 0 Å². The van der Waals surface area contributed by atoms with E-state index in [4.69, 9.17) is 4.74 Å². The van der Waals surface area contributed by atoms with Gasteiger partial charge in [-0.3, -0.25) is 14.5 Å². The van der Waals surface area contributed by atoms with E-state index >= 15 is 0 Å². The average molecular weight is 342 g/mol. The Kier molecular flexibility index (Phi) is 5.48. The highest BCUT2D eigenvalue weighted by molar-refractivity contribution is 5.79. The third kappa shape index (κ3) is 4.07. The molecule has 0 radical (unpaired) electrons. The minimum Gasteiger partial charge on any atom is -0.373 e. The molecule has 2 atom stereocenters. The third-order valence-electron chi connectivity index (χ3n) is 4.69. The summed E-state index contributed by atoms with van der Waals surface area (Å²) in [5.74, 6) is -0.00530. The first-order valence-electron chi connectivity index (χ1n) is 8.87. The molecule has 1 amide bonds. The molecule has 1 saturated heterocycles. The van der Waals surface area contributed by atoms with Crippen LogP contribution >= 0.6 is 0 Å². The molecule has 2 aromatic heterocycles. The zero-order chi connectivity index (χ0) is 17.8. The summed E-state index contributed by atoms with van der Waals surface area (Å²) in [4.78, 5) is 19.0. The zero-order valence-electron chi connectivity index (χ0n) is 15.1. The number of likely N-dealkylation sites (N-methyl/N-ethyl adjacent to an activating group) is 1. The Morgan fingerprint density at radius 1 is 1.44 bits per heavy atom. The van der Waals surface area contributed by atoms with Crippen molar-refractivity contribution in [2.24, 2.45) is 5.92 Å². The first kappa shape index (κ1) is 17.6. The van der Waals surface area contributed by atoms with Crippen molar-refractivity contribution in [3.05, 3.63) is 48.0 Å². The first-order chi connectivity index (χ1) is 12.1. The smallest absolute Gasteiger partial charge is 0.228 e. The third-order valence-corrected chi connectivity index (χ3v) is 4.69. The van der Waals surface area contributed by atoms with Gasteiger partial charge in [0.2, 0.25) is 5.91 Å². The highest BCUT2D eigenvalue weighted by atomic mass is 16.5. The van der Waals surface area contributed by atoms with E-state index in [0.717, 1.165) is 24.1 Å². The molecule has 25 heavy (non-hydrogen) atoms. The quantitative estimate of drug-likeness (QED) is 0.810. The van der Waals surface area contributed by atoms with E-state index in [2.05, 4.69) is 23.9 Å². The normalized spacial score (nSPS) is 20.2. The van der Waals surface area contributed by atoms with Gasteiger partial charge in [0.15, 0.2) is 0 Å². The van der Waals surface area contributed by atoms with E-state index in [0.29, 0.717) is 19.2 Å². The van der Waals surface area contributed by atoms with Gasteiger partial charge >= 0.3 is 0 Å². The van der Waals surface area contributed by atoms with Crippen LogP contribution in [0.3, 0.4) is 0 Å². The van der Waals surface area contributed by atoms with Crippen LogP contribution in [0.15, 0.2) is 36.8 Å². The fourth-order valence-electron chi connectivity index (χ4n) is 3.17. The Bertz CT molecular complexity index is 698.